The van der Waals surface area contributed by atoms with Crippen LogP contribution in [0.5, 0.6) is 0 Å². The van der Waals surface area contributed by atoms with Crippen LogP contribution >= 0.6 is 0 Å². The molecule has 1 atom stereocenters. The molecule has 1 fully saturated rings. The summed E-state index contributed by atoms with van der Waals surface area (Å²) in [7, 11) is 0. The fraction of sp³-hybridized carbons (Fsp3) is 0.667. The van der Waals surface area contributed by atoms with E-state index in [1.807, 2.05) is 6.92 Å². The number of carbonyl (C=O) groups excluding carboxylic acids is 1. The molecular weight excluding hydrogens is 254 g/mol. The Bertz CT molecular complexity index is 492. The Morgan fingerprint density at radius 2 is 2.25 bits per heavy atom. The number of amides is 1. The molecule has 20 heavy (non-hydrogen) atoms. The first-order chi connectivity index (χ1) is 9.66. The van der Waals surface area contributed by atoms with Crippen LogP contribution in [0.3, 0.4) is 0 Å². The minimum absolute atomic E-state index is 0.0590. The Labute approximate surface area is 119 Å². The molecule has 1 saturated carbocycles. The second-order valence-corrected chi connectivity index (χ2v) is 5.69. The maximum atomic E-state index is 12.0. The van der Waals surface area contributed by atoms with Gasteiger partial charge in [0, 0.05) is 31.3 Å². The molecule has 1 aliphatic rings. The second-order valence-electron chi connectivity index (χ2n) is 5.69. The molecule has 1 heterocycles. The molecule has 1 N–H and O–H groups in total. The highest BCUT2D eigenvalue weighted by Gasteiger charge is 2.21. The standard InChI is InChI=1S/C15H23N3O2/c1-12(10-13-4-2-3-5-13)15(20)17-8-9-18-11-16-7-6-14(18)19/h6-7,11-13H,2-5,8-10H2,1H3,(H,17,20)/t12-/m1/s1. The monoisotopic (exact) mass is 277 g/mol. The first-order valence-corrected chi connectivity index (χ1v) is 7.45. The van der Waals surface area contributed by atoms with E-state index in [0.29, 0.717) is 13.1 Å². The van der Waals surface area contributed by atoms with E-state index in [4.69, 9.17) is 0 Å². The van der Waals surface area contributed by atoms with Gasteiger partial charge in [-0.25, -0.2) is 4.98 Å². The predicted molar refractivity (Wildman–Crippen MR) is 77.2 cm³/mol. The molecule has 1 amide bonds. The molecular formula is C15H23N3O2. The summed E-state index contributed by atoms with van der Waals surface area (Å²) in [5.74, 6) is 0.870. The normalized spacial score (nSPS) is 17.1. The highest BCUT2D eigenvalue weighted by Crippen LogP contribution is 2.30. The number of hydrogen-bond acceptors (Lipinski definition) is 3. The molecule has 1 aliphatic carbocycles. The molecule has 0 saturated heterocycles. The molecule has 2 rings (SSSR count). The average Bonchev–Trinajstić information content (AvgIpc) is 2.93. The SMILES string of the molecule is C[C@H](CC1CCCC1)C(=O)NCCn1cnccc1=O. The number of nitrogens with zero attached hydrogens (tertiary/aromatic N) is 2. The van der Waals surface area contributed by atoms with Crippen LogP contribution in [0.4, 0.5) is 0 Å². The Kier molecular flexibility index (Phi) is 5.32. The first-order valence-electron chi connectivity index (χ1n) is 7.45. The number of aromatic nitrogens is 2. The lowest BCUT2D eigenvalue weighted by atomic mass is 9.94. The van der Waals surface area contributed by atoms with Crippen molar-refractivity contribution in [1.82, 2.24) is 14.9 Å². The topological polar surface area (TPSA) is 64.0 Å². The fourth-order valence-corrected chi connectivity index (χ4v) is 2.87. The van der Waals surface area contributed by atoms with E-state index >= 15 is 0 Å². The summed E-state index contributed by atoms with van der Waals surface area (Å²) >= 11 is 0. The molecule has 0 radical (unpaired) electrons. The number of carbonyl (C=O) groups is 1. The van der Waals surface area contributed by atoms with Gasteiger partial charge in [-0.2, -0.15) is 0 Å². The van der Waals surface area contributed by atoms with Crippen molar-refractivity contribution in [3.8, 4) is 0 Å². The van der Waals surface area contributed by atoms with Crippen molar-refractivity contribution in [3.63, 3.8) is 0 Å². The van der Waals surface area contributed by atoms with Gasteiger partial charge in [-0.05, 0) is 12.3 Å². The maximum Gasteiger partial charge on any atom is 0.253 e. The van der Waals surface area contributed by atoms with Crippen LogP contribution in [0, 0.1) is 11.8 Å². The van der Waals surface area contributed by atoms with E-state index in [1.54, 1.807) is 0 Å². The largest absolute Gasteiger partial charge is 0.354 e. The molecule has 110 valence electrons. The summed E-state index contributed by atoms with van der Waals surface area (Å²) in [4.78, 5) is 27.4. The molecule has 0 unspecified atom stereocenters. The Morgan fingerprint density at radius 3 is 2.95 bits per heavy atom. The molecule has 1 aromatic rings. The minimum atomic E-state index is -0.0896. The summed E-state index contributed by atoms with van der Waals surface area (Å²) < 4.78 is 1.50. The van der Waals surface area contributed by atoms with Gasteiger partial charge < -0.3 is 5.32 Å². The Balaban J connectivity index is 1.71. The lowest BCUT2D eigenvalue weighted by Crippen LogP contribution is -2.34. The van der Waals surface area contributed by atoms with Crippen molar-refractivity contribution in [3.05, 3.63) is 28.9 Å². The minimum Gasteiger partial charge on any atom is -0.354 e. The second kappa shape index (κ2) is 7.22. The van der Waals surface area contributed by atoms with Gasteiger partial charge in [-0.15, -0.1) is 0 Å². The van der Waals surface area contributed by atoms with Crippen molar-refractivity contribution in [1.29, 1.82) is 0 Å². The van der Waals surface area contributed by atoms with Crippen LogP contribution in [0.2, 0.25) is 0 Å². The van der Waals surface area contributed by atoms with Gasteiger partial charge in [0.25, 0.3) is 5.56 Å². The van der Waals surface area contributed by atoms with Crippen molar-refractivity contribution in [2.24, 2.45) is 11.8 Å². The van der Waals surface area contributed by atoms with Crippen LogP contribution < -0.4 is 10.9 Å². The fourth-order valence-electron chi connectivity index (χ4n) is 2.87. The third-order valence-electron chi connectivity index (χ3n) is 4.05. The third-order valence-corrected chi connectivity index (χ3v) is 4.05. The van der Waals surface area contributed by atoms with Gasteiger partial charge >= 0.3 is 0 Å². The summed E-state index contributed by atoms with van der Waals surface area (Å²) in [6.45, 7) is 2.93. The van der Waals surface area contributed by atoms with Gasteiger partial charge in [-0.3, -0.25) is 14.2 Å². The van der Waals surface area contributed by atoms with E-state index in [-0.39, 0.29) is 17.4 Å². The highest BCUT2D eigenvalue weighted by molar-refractivity contribution is 5.78. The highest BCUT2D eigenvalue weighted by atomic mass is 16.2. The van der Waals surface area contributed by atoms with E-state index in [1.165, 1.54) is 48.8 Å². The van der Waals surface area contributed by atoms with Gasteiger partial charge in [0.1, 0.15) is 0 Å². The van der Waals surface area contributed by atoms with Crippen LogP contribution in [0.1, 0.15) is 39.0 Å². The summed E-state index contributed by atoms with van der Waals surface area (Å²) in [5, 5.41) is 2.91. The van der Waals surface area contributed by atoms with Crippen LogP contribution in [-0.2, 0) is 11.3 Å². The van der Waals surface area contributed by atoms with E-state index in [0.717, 1.165) is 12.3 Å². The van der Waals surface area contributed by atoms with E-state index < -0.39 is 0 Å². The van der Waals surface area contributed by atoms with Crippen molar-refractivity contribution >= 4 is 5.91 Å². The average molecular weight is 277 g/mol. The summed E-state index contributed by atoms with van der Waals surface area (Å²) in [6.07, 6.45) is 9.10. The molecule has 0 spiro atoms. The van der Waals surface area contributed by atoms with Gasteiger partial charge in [0.2, 0.25) is 5.91 Å². The zero-order valence-corrected chi connectivity index (χ0v) is 12.0. The maximum absolute atomic E-state index is 12.0. The first kappa shape index (κ1) is 14.8. The van der Waals surface area contributed by atoms with Crippen molar-refractivity contribution < 1.29 is 4.79 Å². The third kappa shape index (κ3) is 4.18. The quantitative estimate of drug-likeness (QED) is 0.858. The molecule has 0 aromatic carbocycles. The summed E-state index contributed by atoms with van der Waals surface area (Å²) in [5.41, 5.74) is -0.0896. The molecule has 1 aromatic heterocycles. The predicted octanol–water partition coefficient (Wildman–Crippen LogP) is 1.58. The molecule has 5 nitrogen and oxygen atoms in total. The number of hydrogen-bond donors (Lipinski definition) is 1. The van der Waals surface area contributed by atoms with Gasteiger partial charge in [0.05, 0.1) is 6.33 Å². The van der Waals surface area contributed by atoms with E-state index in [9.17, 15) is 9.59 Å². The van der Waals surface area contributed by atoms with Gasteiger partial charge in [0.15, 0.2) is 0 Å². The lowest BCUT2D eigenvalue weighted by molar-refractivity contribution is -0.125. The van der Waals surface area contributed by atoms with Crippen molar-refractivity contribution in [2.75, 3.05) is 6.54 Å². The molecule has 0 aliphatic heterocycles. The molecule has 0 bridgehead atoms. The zero-order valence-electron chi connectivity index (χ0n) is 12.0. The number of nitrogens with one attached hydrogen (secondary N) is 1. The van der Waals surface area contributed by atoms with Crippen LogP contribution in [0.25, 0.3) is 0 Å². The molecule has 5 heteroatoms. The zero-order chi connectivity index (χ0) is 14.4. The van der Waals surface area contributed by atoms with Crippen LogP contribution in [-0.4, -0.2) is 22.0 Å². The summed E-state index contributed by atoms with van der Waals surface area (Å²) in [6, 6.07) is 1.42. The van der Waals surface area contributed by atoms with Crippen LogP contribution in [0.15, 0.2) is 23.4 Å². The smallest absolute Gasteiger partial charge is 0.253 e. The Hall–Kier alpha value is -1.65. The van der Waals surface area contributed by atoms with E-state index in [2.05, 4.69) is 10.3 Å². The lowest BCUT2D eigenvalue weighted by Gasteiger charge is -2.16. The Morgan fingerprint density at radius 1 is 1.50 bits per heavy atom. The van der Waals surface area contributed by atoms with Gasteiger partial charge in [-0.1, -0.05) is 32.6 Å². The number of rotatable bonds is 6. The van der Waals surface area contributed by atoms with Crippen molar-refractivity contribution in [2.45, 2.75) is 45.6 Å².